The van der Waals surface area contributed by atoms with Gasteiger partial charge in [0.15, 0.2) is 17.7 Å². The zero-order chi connectivity index (χ0) is 20.0. The molecule has 0 fully saturated rings. The lowest BCUT2D eigenvalue weighted by Gasteiger charge is -2.30. The van der Waals surface area contributed by atoms with Crippen LogP contribution < -0.4 is 4.74 Å². The summed E-state index contributed by atoms with van der Waals surface area (Å²) >= 11 is 0. The summed E-state index contributed by atoms with van der Waals surface area (Å²) in [6.45, 7) is 0. The molecule has 3 aromatic carbocycles. The van der Waals surface area contributed by atoms with Gasteiger partial charge >= 0.3 is 0 Å². The van der Waals surface area contributed by atoms with Crippen LogP contribution >= 0.6 is 0 Å². The number of ether oxygens (including phenoxy) is 1. The Hall–Kier alpha value is -3.60. The fourth-order valence-electron chi connectivity index (χ4n) is 3.51. The first-order valence-electron chi connectivity index (χ1n) is 8.29. The third-order valence-corrected chi connectivity index (χ3v) is 4.85. The first kappa shape index (κ1) is 17.8. The van der Waals surface area contributed by atoms with Gasteiger partial charge in [-0.25, -0.2) is 13.2 Å². The molecule has 0 aliphatic carbocycles. The Morgan fingerprint density at radius 1 is 1.07 bits per heavy atom. The second-order valence-corrected chi connectivity index (χ2v) is 6.47. The minimum atomic E-state index is -1.41. The van der Waals surface area contributed by atoms with Gasteiger partial charge in [-0.2, -0.15) is 5.26 Å². The van der Waals surface area contributed by atoms with E-state index in [1.165, 1.54) is 0 Å². The summed E-state index contributed by atoms with van der Waals surface area (Å²) in [7, 11) is 0. The van der Waals surface area contributed by atoms with Gasteiger partial charge in [0.25, 0.3) is 6.04 Å². The molecular weight excluding hydrogens is 373 g/mol. The van der Waals surface area contributed by atoms with Crippen LogP contribution in [-0.4, -0.2) is 11.0 Å². The highest BCUT2D eigenvalue weighted by molar-refractivity contribution is 5.89. The number of halogens is 3. The maximum absolute atomic E-state index is 14.2. The van der Waals surface area contributed by atoms with E-state index in [0.717, 1.165) is 0 Å². The highest BCUT2D eigenvalue weighted by Crippen LogP contribution is 2.41. The molecule has 5 nitrogen and oxygen atoms in total. The Labute approximate surface area is 156 Å². The zero-order valence-electron chi connectivity index (χ0n) is 14.2. The molecular formula is C20H11F3N2O3. The lowest BCUT2D eigenvalue weighted by Crippen LogP contribution is -2.37. The molecule has 0 saturated heterocycles. The maximum atomic E-state index is 14.2. The van der Waals surface area contributed by atoms with Gasteiger partial charge in [0.2, 0.25) is 0 Å². The first-order valence-corrected chi connectivity index (χ1v) is 8.29. The van der Waals surface area contributed by atoms with Crippen LogP contribution in [0.4, 0.5) is 13.2 Å². The molecule has 2 unspecified atom stereocenters. The number of benzene rings is 3. The highest BCUT2D eigenvalue weighted by atomic mass is 19.2. The molecule has 0 radical (unpaired) electrons. The molecule has 0 N–H and O–H groups in total. The van der Waals surface area contributed by atoms with Crippen molar-refractivity contribution in [2.45, 2.75) is 18.6 Å². The van der Waals surface area contributed by atoms with Crippen LogP contribution in [-0.2, 0) is 6.42 Å². The van der Waals surface area contributed by atoms with E-state index in [9.17, 15) is 23.3 Å². The van der Waals surface area contributed by atoms with Crippen LogP contribution in [0.5, 0.6) is 5.75 Å². The molecule has 1 heterocycles. The van der Waals surface area contributed by atoms with Gasteiger partial charge in [-0.15, -0.1) is 0 Å². The highest BCUT2D eigenvalue weighted by Gasteiger charge is 2.42. The predicted octanol–water partition coefficient (Wildman–Crippen LogP) is 4.45. The second kappa shape index (κ2) is 6.53. The Kier molecular flexibility index (Phi) is 4.15. The number of nitrogens with zero attached hydrogens (tertiary/aromatic N) is 2. The molecule has 4 rings (SSSR count). The monoisotopic (exact) mass is 384 g/mol. The second-order valence-electron chi connectivity index (χ2n) is 6.47. The number of fused-ring (bicyclic) bond motifs is 3. The third-order valence-electron chi connectivity index (χ3n) is 4.85. The normalized spacial score (nSPS) is 18.2. The molecule has 1 aliphatic rings. The molecule has 3 aromatic rings. The number of hydrogen-bond donors (Lipinski definition) is 0. The first-order chi connectivity index (χ1) is 13.4. The van der Waals surface area contributed by atoms with Crippen molar-refractivity contribution in [2.24, 2.45) is 0 Å². The van der Waals surface area contributed by atoms with Gasteiger partial charge in [-0.05, 0) is 35.0 Å². The lowest BCUT2D eigenvalue weighted by molar-refractivity contribution is -0.535. The van der Waals surface area contributed by atoms with Crippen LogP contribution in [0.25, 0.3) is 10.8 Å². The summed E-state index contributed by atoms with van der Waals surface area (Å²) in [5.74, 6) is -3.51. The predicted molar refractivity (Wildman–Crippen MR) is 92.8 cm³/mol. The summed E-state index contributed by atoms with van der Waals surface area (Å²) in [4.78, 5) is 11.0. The van der Waals surface area contributed by atoms with Gasteiger partial charge < -0.3 is 4.74 Å². The Balaban J connectivity index is 1.85. The van der Waals surface area contributed by atoms with Crippen LogP contribution in [0.15, 0.2) is 42.5 Å². The van der Waals surface area contributed by atoms with E-state index in [1.807, 2.05) is 6.07 Å². The van der Waals surface area contributed by atoms with Gasteiger partial charge in [-0.3, -0.25) is 10.1 Å². The zero-order valence-corrected chi connectivity index (χ0v) is 14.2. The Bertz CT molecular complexity index is 1170. The number of nitro groups is 1. The molecule has 28 heavy (non-hydrogen) atoms. The largest absolute Gasteiger partial charge is 0.478 e. The molecule has 0 saturated carbocycles. The molecule has 2 atom stereocenters. The number of rotatable bonds is 2. The topological polar surface area (TPSA) is 76.2 Å². The van der Waals surface area contributed by atoms with Crippen LogP contribution in [0.1, 0.15) is 22.8 Å². The van der Waals surface area contributed by atoms with Crippen molar-refractivity contribution in [3.05, 3.63) is 86.7 Å². The van der Waals surface area contributed by atoms with Crippen molar-refractivity contribution >= 4 is 10.8 Å². The number of hydrogen-bond acceptors (Lipinski definition) is 4. The van der Waals surface area contributed by atoms with Gasteiger partial charge in [0, 0.05) is 28.5 Å². The van der Waals surface area contributed by atoms with Crippen molar-refractivity contribution in [1.29, 1.82) is 5.26 Å². The lowest BCUT2D eigenvalue weighted by atomic mass is 9.89. The molecule has 0 spiro atoms. The molecule has 1 aliphatic heterocycles. The van der Waals surface area contributed by atoms with Crippen molar-refractivity contribution in [3.63, 3.8) is 0 Å². The molecule has 8 heteroatoms. The standard InChI is InChI=1S/C20H11F3N2O3/c21-15-8-17(23)16(22)6-14(15)20-18(25(26)27)7-13-12-3-1-10(9-24)5-11(12)2-4-19(13)28-20/h1-6,8,18,20H,7H2. The molecule has 0 amide bonds. The fourth-order valence-corrected chi connectivity index (χ4v) is 3.51. The third kappa shape index (κ3) is 2.81. The summed E-state index contributed by atoms with van der Waals surface area (Å²) in [5, 5.41) is 22.0. The molecule has 140 valence electrons. The molecule has 0 aromatic heterocycles. The average molecular weight is 384 g/mol. The van der Waals surface area contributed by atoms with E-state index >= 15 is 0 Å². The Morgan fingerprint density at radius 3 is 2.54 bits per heavy atom. The quantitative estimate of drug-likeness (QED) is 0.372. The van der Waals surface area contributed by atoms with Crippen LogP contribution in [0.3, 0.4) is 0 Å². The average Bonchev–Trinajstić information content (AvgIpc) is 2.69. The van der Waals surface area contributed by atoms with Crippen molar-refractivity contribution in [2.75, 3.05) is 0 Å². The van der Waals surface area contributed by atoms with E-state index in [-0.39, 0.29) is 6.42 Å². The minimum absolute atomic E-state index is 0.0886. The van der Waals surface area contributed by atoms with E-state index in [4.69, 9.17) is 10.00 Å². The van der Waals surface area contributed by atoms with Crippen LogP contribution in [0.2, 0.25) is 0 Å². The molecule has 0 bridgehead atoms. The summed E-state index contributed by atoms with van der Waals surface area (Å²) in [6, 6.07) is 9.74. The van der Waals surface area contributed by atoms with Crippen molar-refractivity contribution < 1.29 is 22.8 Å². The van der Waals surface area contributed by atoms with Crippen LogP contribution in [0, 0.1) is 38.9 Å². The van der Waals surface area contributed by atoms with E-state index in [2.05, 4.69) is 0 Å². The van der Waals surface area contributed by atoms with E-state index < -0.39 is 40.1 Å². The van der Waals surface area contributed by atoms with E-state index in [1.54, 1.807) is 30.3 Å². The number of nitriles is 1. The summed E-state index contributed by atoms with van der Waals surface area (Å²) in [5.41, 5.74) is 0.575. The van der Waals surface area contributed by atoms with E-state index in [0.29, 0.717) is 39.8 Å². The minimum Gasteiger partial charge on any atom is -0.478 e. The van der Waals surface area contributed by atoms with Gasteiger partial charge in [0.05, 0.1) is 11.6 Å². The maximum Gasteiger partial charge on any atom is 0.257 e. The fraction of sp³-hybridized carbons (Fsp3) is 0.150. The Morgan fingerprint density at radius 2 is 1.82 bits per heavy atom. The van der Waals surface area contributed by atoms with Gasteiger partial charge in [-0.1, -0.05) is 12.1 Å². The van der Waals surface area contributed by atoms with Gasteiger partial charge in [0.1, 0.15) is 11.6 Å². The SMILES string of the molecule is N#Cc1ccc2c3c(ccc2c1)OC(c1cc(F)c(F)cc1F)C([N+](=O)[O-])C3. The van der Waals surface area contributed by atoms with Crippen molar-refractivity contribution in [1.82, 2.24) is 0 Å². The van der Waals surface area contributed by atoms with Crippen molar-refractivity contribution in [3.8, 4) is 11.8 Å². The summed E-state index contributed by atoms with van der Waals surface area (Å²) in [6.07, 6.45) is -1.50. The summed E-state index contributed by atoms with van der Waals surface area (Å²) < 4.78 is 46.8. The smallest absolute Gasteiger partial charge is 0.257 e.